The van der Waals surface area contributed by atoms with Crippen molar-refractivity contribution in [2.45, 2.75) is 32.2 Å². The van der Waals surface area contributed by atoms with Crippen molar-refractivity contribution in [1.82, 2.24) is 4.90 Å². The number of fused-ring (bicyclic) bond motifs is 4. The van der Waals surface area contributed by atoms with Gasteiger partial charge in [-0.3, -0.25) is 4.79 Å². The average molecular weight is 291 g/mol. The van der Waals surface area contributed by atoms with Crippen LogP contribution >= 0.6 is 0 Å². The molecule has 2 nitrogen and oxygen atoms in total. The summed E-state index contributed by atoms with van der Waals surface area (Å²) in [4.78, 5) is 15.2. The number of carbonyl (C=O) groups excluding carboxylic acids is 1. The van der Waals surface area contributed by atoms with Crippen molar-refractivity contribution in [2.75, 3.05) is 6.54 Å². The topological polar surface area (TPSA) is 20.3 Å². The monoisotopic (exact) mass is 291 g/mol. The highest BCUT2D eigenvalue weighted by Gasteiger charge is 2.39. The second kappa shape index (κ2) is 5.28. The van der Waals surface area contributed by atoms with E-state index in [1.165, 1.54) is 16.7 Å². The predicted octanol–water partition coefficient (Wildman–Crippen LogP) is 4.01. The Hall–Kier alpha value is -2.09. The Morgan fingerprint density at radius 1 is 1.05 bits per heavy atom. The molecule has 0 saturated carbocycles. The summed E-state index contributed by atoms with van der Waals surface area (Å²) in [5.74, 6) is 0.708. The first-order chi connectivity index (χ1) is 10.8. The van der Waals surface area contributed by atoms with Crippen LogP contribution in [0.15, 0.2) is 48.5 Å². The minimum absolute atomic E-state index is 0.214. The van der Waals surface area contributed by atoms with Crippen LogP contribution in [-0.2, 0) is 12.8 Å². The van der Waals surface area contributed by atoms with Gasteiger partial charge in [-0.05, 0) is 41.5 Å². The molecule has 2 aliphatic heterocycles. The predicted molar refractivity (Wildman–Crippen MR) is 87.9 cm³/mol. The Morgan fingerprint density at radius 2 is 1.77 bits per heavy atom. The number of rotatable bonds is 1. The summed E-state index contributed by atoms with van der Waals surface area (Å²) in [6, 6.07) is 17.1. The summed E-state index contributed by atoms with van der Waals surface area (Å²) in [5, 5.41) is 0. The van der Waals surface area contributed by atoms with Crippen molar-refractivity contribution >= 4 is 5.91 Å². The molecule has 0 saturated heterocycles. The standard InChI is InChI=1S/C20H21NO/c1-2-14-13-16-8-4-6-10-18(16)20(22)21-12-11-15-7-3-5-9-17(15)19(14)21/h3-10,14,19H,2,11-13H2,1H3. The van der Waals surface area contributed by atoms with Gasteiger partial charge < -0.3 is 4.90 Å². The largest absolute Gasteiger partial charge is 0.331 e. The van der Waals surface area contributed by atoms with E-state index in [1.54, 1.807) is 0 Å². The number of nitrogens with zero attached hydrogens (tertiary/aromatic N) is 1. The zero-order chi connectivity index (χ0) is 15.1. The van der Waals surface area contributed by atoms with E-state index in [9.17, 15) is 4.79 Å². The van der Waals surface area contributed by atoms with Crippen molar-refractivity contribution in [2.24, 2.45) is 5.92 Å². The third-order valence-corrected chi connectivity index (χ3v) is 5.29. The maximum Gasteiger partial charge on any atom is 0.254 e. The quantitative estimate of drug-likeness (QED) is 0.777. The molecule has 112 valence electrons. The molecule has 2 atom stereocenters. The number of carbonyl (C=O) groups is 1. The van der Waals surface area contributed by atoms with Crippen molar-refractivity contribution in [3.63, 3.8) is 0 Å². The highest BCUT2D eigenvalue weighted by atomic mass is 16.2. The van der Waals surface area contributed by atoms with Crippen LogP contribution in [-0.4, -0.2) is 17.4 Å². The molecule has 2 heterocycles. The molecular formula is C20H21NO. The lowest BCUT2D eigenvalue weighted by Gasteiger charge is -2.40. The molecule has 0 spiro atoms. The van der Waals surface area contributed by atoms with E-state index in [2.05, 4.69) is 48.2 Å². The first kappa shape index (κ1) is 13.6. The molecule has 0 bridgehead atoms. The van der Waals surface area contributed by atoms with Crippen molar-refractivity contribution in [3.05, 3.63) is 70.8 Å². The molecule has 2 heteroatoms. The summed E-state index contributed by atoms with van der Waals surface area (Å²) >= 11 is 0. The fourth-order valence-corrected chi connectivity index (χ4v) is 4.16. The summed E-state index contributed by atoms with van der Waals surface area (Å²) in [6.07, 6.45) is 3.06. The van der Waals surface area contributed by atoms with Crippen LogP contribution in [0.25, 0.3) is 0 Å². The van der Waals surface area contributed by atoms with Gasteiger partial charge in [-0.15, -0.1) is 0 Å². The van der Waals surface area contributed by atoms with Gasteiger partial charge in [-0.1, -0.05) is 55.8 Å². The highest BCUT2D eigenvalue weighted by Crippen LogP contribution is 2.41. The summed E-state index contributed by atoms with van der Waals surface area (Å²) < 4.78 is 0. The zero-order valence-corrected chi connectivity index (χ0v) is 13.0. The molecule has 0 N–H and O–H groups in total. The smallest absolute Gasteiger partial charge is 0.254 e. The molecule has 4 rings (SSSR count). The fraction of sp³-hybridized carbons (Fsp3) is 0.350. The van der Waals surface area contributed by atoms with Gasteiger partial charge in [-0.2, -0.15) is 0 Å². The minimum atomic E-state index is 0.214. The molecule has 2 aliphatic rings. The second-order valence-corrected chi connectivity index (χ2v) is 6.42. The molecule has 0 fully saturated rings. The van der Waals surface area contributed by atoms with Crippen LogP contribution < -0.4 is 0 Å². The lowest BCUT2D eigenvalue weighted by atomic mass is 9.81. The van der Waals surface area contributed by atoms with E-state index in [-0.39, 0.29) is 11.9 Å². The normalized spacial score (nSPS) is 23.3. The highest BCUT2D eigenvalue weighted by molar-refractivity contribution is 5.96. The zero-order valence-electron chi connectivity index (χ0n) is 13.0. The van der Waals surface area contributed by atoms with Crippen LogP contribution in [0.4, 0.5) is 0 Å². The van der Waals surface area contributed by atoms with E-state index in [1.807, 2.05) is 12.1 Å². The van der Waals surface area contributed by atoms with Gasteiger partial charge in [0.1, 0.15) is 0 Å². The lowest BCUT2D eigenvalue weighted by Crippen LogP contribution is -2.42. The minimum Gasteiger partial charge on any atom is -0.331 e. The lowest BCUT2D eigenvalue weighted by molar-refractivity contribution is 0.0597. The Morgan fingerprint density at radius 3 is 2.59 bits per heavy atom. The number of amides is 1. The summed E-state index contributed by atoms with van der Waals surface area (Å²) in [7, 11) is 0. The Balaban J connectivity index is 1.87. The van der Waals surface area contributed by atoms with E-state index in [4.69, 9.17) is 0 Å². The van der Waals surface area contributed by atoms with Gasteiger partial charge >= 0.3 is 0 Å². The third-order valence-electron chi connectivity index (χ3n) is 5.29. The first-order valence-electron chi connectivity index (χ1n) is 8.26. The van der Waals surface area contributed by atoms with Crippen LogP contribution in [0.3, 0.4) is 0 Å². The van der Waals surface area contributed by atoms with E-state index < -0.39 is 0 Å². The molecule has 1 amide bonds. The number of hydrogen-bond acceptors (Lipinski definition) is 1. The Bertz CT molecular complexity index is 721. The molecule has 0 radical (unpaired) electrons. The van der Waals surface area contributed by atoms with Gasteiger partial charge in [0.2, 0.25) is 0 Å². The summed E-state index contributed by atoms with van der Waals surface area (Å²) in [6.45, 7) is 3.09. The molecule has 0 aromatic heterocycles. The molecule has 22 heavy (non-hydrogen) atoms. The number of hydrogen-bond donors (Lipinski definition) is 0. The molecule has 0 aliphatic carbocycles. The third kappa shape index (κ3) is 1.98. The van der Waals surface area contributed by atoms with Crippen molar-refractivity contribution < 1.29 is 4.79 Å². The van der Waals surface area contributed by atoms with Gasteiger partial charge in [0.05, 0.1) is 6.04 Å². The maximum atomic E-state index is 13.1. The van der Waals surface area contributed by atoms with Crippen molar-refractivity contribution in [1.29, 1.82) is 0 Å². The SMILES string of the molecule is CCC1Cc2ccccc2C(=O)N2CCc3ccccc3C12. The summed E-state index contributed by atoms with van der Waals surface area (Å²) in [5.41, 5.74) is 4.90. The van der Waals surface area contributed by atoms with Crippen LogP contribution in [0.2, 0.25) is 0 Å². The fourth-order valence-electron chi connectivity index (χ4n) is 4.16. The van der Waals surface area contributed by atoms with Gasteiger partial charge in [0, 0.05) is 12.1 Å². The van der Waals surface area contributed by atoms with Crippen LogP contribution in [0.5, 0.6) is 0 Å². The Kier molecular flexibility index (Phi) is 3.25. The average Bonchev–Trinajstić information content (AvgIpc) is 2.70. The van der Waals surface area contributed by atoms with E-state index in [0.717, 1.165) is 31.4 Å². The molecule has 2 unspecified atom stereocenters. The second-order valence-electron chi connectivity index (χ2n) is 6.42. The molecular weight excluding hydrogens is 270 g/mol. The Labute approximate surface area is 131 Å². The maximum absolute atomic E-state index is 13.1. The molecule has 2 aromatic rings. The van der Waals surface area contributed by atoms with Gasteiger partial charge in [-0.25, -0.2) is 0 Å². The van der Waals surface area contributed by atoms with Crippen molar-refractivity contribution in [3.8, 4) is 0 Å². The van der Waals surface area contributed by atoms with E-state index >= 15 is 0 Å². The number of benzene rings is 2. The van der Waals surface area contributed by atoms with Crippen LogP contribution in [0, 0.1) is 5.92 Å². The first-order valence-corrected chi connectivity index (χ1v) is 8.26. The van der Waals surface area contributed by atoms with E-state index in [0.29, 0.717) is 5.92 Å². The van der Waals surface area contributed by atoms with Gasteiger partial charge in [0.25, 0.3) is 5.91 Å². The van der Waals surface area contributed by atoms with Crippen LogP contribution in [0.1, 0.15) is 46.4 Å². The molecule has 2 aromatic carbocycles. The van der Waals surface area contributed by atoms with Gasteiger partial charge in [0.15, 0.2) is 0 Å².